The molecule has 0 amide bonds. The summed E-state index contributed by atoms with van der Waals surface area (Å²) < 4.78 is 2.86. The number of halogens is 1. The summed E-state index contributed by atoms with van der Waals surface area (Å²) in [4.78, 5) is 15.7. The van der Waals surface area contributed by atoms with E-state index in [2.05, 4.69) is 20.9 Å². The average Bonchev–Trinajstić information content (AvgIpc) is 2.87. The maximum absolute atomic E-state index is 11.1. The zero-order valence-electron chi connectivity index (χ0n) is 11.6. The summed E-state index contributed by atoms with van der Waals surface area (Å²) in [5.41, 5.74) is 8.98. The number of imidazole rings is 1. The number of aromatic nitrogens is 2. The summed E-state index contributed by atoms with van der Waals surface area (Å²) in [6.45, 7) is 0. The third-order valence-electron chi connectivity index (χ3n) is 3.48. The lowest BCUT2D eigenvalue weighted by Gasteiger charge is -2.09. The van der Waals surface area contributed by atoms with E-state index >= 15 is 0 Å². The van der Waals surface area contributed by atoms with Crippen LogP contribution in [0.1, 0.15) is 5.69 Å². The minimum Gasteiger partial charge on any atom is -0.480 e. The number of hydrogen-bond acceptors (Lipinski definition) is 3. The largest absolute Gasteiger partial charge is 0.480 e. The van der Waals surface area contributed by atoms with Crippen LogP contribution in [0.2, 0.25) is 0 Å². The second kappa shape index (κ2) is 5.90. The van der Waals surface area contributed by atoms with Crippen molar-refractivity contribution in [1.82, 2.24) is 9.38 Å². The van der Waals surface area contributed by atoms with E-state index in [-0.39, 0.29) is 6.42 Å². The molecule has 0 saturated heterocycles. The predicted molar refractivity (Wildman–Crippen MR) is 87.6 cm³/mol. The summed E-state index contributed by atoms with van der Waals surface area (Å²) in [6.07, 6.45) is 2.08. The fraction of sp³-hybridized carbons (Fsp3) is 0.125. The van der Waals surface area contributed by atoms with Crippen LogP contribution >= 0.6 is 15.9 Å². The lowest BCUT2D eigenvalue weighted by Crippen LogP contribution is -2.32. The number of carboxylic acid groups (broad SMARTS) is 1. The van der Waals surface area contributed by atoms with Crippen molar-refractivity contribution in [1.29, 1.82) is 0 Å². The highest BCUT2D eigenvalue weighted by atomic mass is 79.9. The Bertz CT molecular complexity index is 827. The van der Waals surface area contributed by atoms with Crippen molar-refractivity contribution >= 4 is 27.5 Å². The van der Waals surface area contributed by atoms with Gasteiger partial charge in [0.2, 0.25) is 0 Å². The van der Waals surface area contributed by atoms with Crippen molar-refractivity contribution in [3.05, 3.63) is 58.8 Å². The fourth-order valence-corrected chi connectivity index (χ4v) is 2.64. The van der Waals surface area contributed by atoms with Crippen molar-refractivity contribution < 1.29 is 9.90 Å². The third kappa shape index (κ3) is 2.75. The van der Waals surface area contributed by atoms with E-state index in [1.54, 1.807) is 0 Å². The molecule has 6 heteroatoms. The molecule has 0 bridgehead atoms. The Morgan fingerprint density at radius 2 is 2.00 bits per heavy atom. The van der Waals surface area contributed by atoms with Gasteiger partial charge in [-0.3, -0.25) is 4.79 Å². The second-order valence-corrected chi connectivity index (χ2v) is 5.91. The smallest absolute Gasteiger partial charge is 0.320 e. The highest BCUT2D eigenvalue weighted by molar-refractivity contribution is 9.10. The van der Waals surface area contributed by atoms with Crippen LogP contribution in [-0.2, 0) is 11.2 Å². The van der Waals surface area contributed by atoms with Crippen molar-refractivity contribution in [2.75, 3.05) is 0 Å². The number of fused-ring (bicyclic) bond motifs is 1. The molecular formula is C16H14BrN3O2. The molecule has 0 fully saturated rings. The quantitative estimate of drug-likeness (QED) is 0.750. The van der Waals surface area contributed by atoms with Crippen molar-refractivity contribution in [2.24, 2.45) is 5.73 Å². The molecule has 3 rings (SSSR count). The van der Waals surface area contributed by atoms with E-state index in [4.69, 9.17) is 10.8 Å². The van der Waals surface area contributed by atoms with Gasteiger partial charge in [0.1, 0.15) is 11.7 Å². The molecule has 112 valence electrons. The standard InChI is InChI=1S/C16H14BrN3O2/c17-11-6-4-10(5-7-11)15-13(9-12(18)16(21)22)20-8-2-1-3-14(20)19-15/h1-8,12H,9,18H2,(H,21,22). The lowest BCUT2D eigenvalue weighted by molar-refractivity contribution is -0.138. The first-order valence-corrected chi connectivity index (χ1v) is 7.56. The highest BCUT2D eigenvalue weighted by Gasteiger charge is 2.20. The second-order valence-electron chi connectivity index (χ2n) is 4.99. The average molecular weight is 360 g/mol. The highest BCUT2D eigenvalue weighted by Crippen LogP contribution is 2.26. The molecule has 0 aliphatic carbocycles. The van der Waals surface area contributed by atoms with Crippen LogP contribution in [0.5, 0.6) is 0 Å². The van der Waals surface area contributed by atoms with Gasteiger partial charge < -0.3 is 15.2 Å². The number of nitrogens with two attached hydrogens (primary N) is 1. The lowest BCUT2D eigenvalue weighted by atomic mass is 10.1. The summed E-state index contributed by atoms with van der Waals surface area (Å²) in [5, 5.41) is 9.09. The number of carbonyl (C=O) groups is 1. The van der Waals surface area contributed by atoms with E-state index in [9.17, 15) is 4.79 Å². The molecule has 0 aliphatic heterocycles. The van der Waals surface area contributed by atoms with Gasteiger partial charge in [-0.15, -0.1) is 0 Å². The zero-order chi connectivity index (χ0) is 15.7. The molecule has 22 heavy (non-hydrogen) atoms. The number of nitrogens with zero attached hydrogens (tertiary/aromatic N) is 2. The summed E-state index contributed by atoms with van der Waals surface area (Å²) in [7, 11) is 0. The number of benzene rings is 1. The minimum atomic E-state index is -1.02. The molecule has 0 radical (unpaired) electrons. The van der Waals surface area contributed by atoms with Gasteiger partial charge >= 0.3 is 5.97 Å². The van der Waals surface area contributed by atoms with Crippen LogP contribution in [0, 0.1) is 0 Å². The molecule has 5 nitrogen and oxygen atoms in total. The van der Waals surface area contributed by atoms with Gasteiger partial charge in [-0.2, -0.15) is 0 Å². The number of pyridine rings is 1. The Kier molecular flexibility index (Phi) is 3.96. The molecule has 1 atom stereocenters. The molecule has 0 aliphatic rings. The van der Waals surface area contributed by atoms with Crippen molar-refractivity contribution in [3.8, 4) is 11.3 Å². The van der Waals surface area contributed by atoms with Gasteiger partial charge in [0.25, 0.3) is 0 Å². The summed E-state index contributed by atoms with van der Waals surface area (Å²) in [5.74, 6) is -1.02. The van der Waals surface area contributed by atoms with E-state index in [0.717, 1.165) is 27.1 Å². The molecule has 2 aromatic heterocycles. The first-order valence-electron chi connectivity index (χ1n) is 6.76. The molecule has 0 spiro atoms. The first kappa shape index (κ1) is 14.7. The topological polar surface area (TPSA) is 80.6 Å². The van der Waals surface area contributed by atoms with Crippen LogP contribution in [0.3, 0.4) is 0 Å². The maximum atomic E-state index is 11.1. The van der Waals surface area contributed by atoms with E-state index in [1.165, 1.54) is 0 Å². The van der Waals surface area contributed by atoms with E-state index in [1.807, 2.05) is 53.1 Å². The number of carboxylic acids is 1. The minimum absolute atomic E-state index is 0.214. The SMILES string of the molecule is NC(Cc1c(-c2ccc(Br)cc2)nc2ccccn12)C(=O)O. The molecule has 2 heterocycles. The number of rotatable bonds is 4. The van der Waals surface area contributed by atoms with Crippen LogP contribution in [0.4, 0.5) is 0 Å². The Labute approximate surface area is 135 Å². The summed E-state index contributed by atoms with van der Waals surface area (Å²) >= 11 is 3.41. The Balaban J connectivity index is 2.16. The van der Waals surface area contributed by atoms with Crippen molar-refractivity contribution in [2.45, 2.75) is 12.5 Å². The van der Waals surface area contributed by atoms with Gasteiger partial charge in [0, 0.05) is 22.7 Å². The molecular weight excluding hydrogens is 346 g/mol. The predicted octanol–water partition coefficient (Wildman–Crippen LogP) is 2.72. The Morgan fingerprint density at radius 1 is 1.27 bits per heavy atom. The van der Waals surface area contributed by atoms with Gasteiger partial charge in [-0.1, -0.05) is 34.1 Å². The number of aliphatic carboxylic acids is 1. The zero-order valence-corrected chi connectivity index (χ0v) is 13.2. The first-order chi connectivity index (χ1) is 10.6. The van der Waals surface area contributed by atoms with Crippen molar-refractivity contribution in [3.63, 3.8) is 0 Å². The van der Waals surface area contributed by atoms with Crippen LogP contribution in [0.25, 0.3) is 16.9 Å². The third-order valence-corrected chi connectivity index (χ3v) is 4.01. The van der Waals surface area contributed by atoms with Crippen LogP contribution < -0.4 is 5.73 Å². The van der Waals surface area contributed by atoms with E-state index in [0.29, 0.717) is 0 Å². The fourth-order valence-electron chi connectivity index (χ4n) is 2.38. The normalized spacial score (nSPS) is 12.5. The van der Waals surface area contributed by atoms with E-state index < -0.39 is 12.0 Å². The van der Waals surface area contributed by atoms with Gasteiger partial charge in [0.15, 0.2) is 0 Å². The molecule has 0 saturated carbocycles. The maximum Gasteiger partial charge on any atom is 0.320 e. The molecule has 1 aromatic carbocycles. The monoisotopic (exact) mass is 359 g/mol. The van der Waals surface area contributed by atoms with Gasteiger partial charge in [-0.25, -0.2) is 4.98 Å². The molecule has 3 aromatic rings. The van der Waals surface area contributed by atoms with Crippen LogP contribution in [0.15, 0.2) is 53.1 Å². The molecule has 1 unspecified atom stereocenters. The molecule has 3 N–H and O–H groups in total. The summed E-state index contributed by atoms with van der Waals surface area (Å²) in [6, 6.07) is 12.5. The van der Waals surface area contributed by atoms with Crippen LogP contribution in [-0.4, -0.2) is 26.5 Å². The van der Waals surface area contributed by atoms with Gasteiger partial charge in [-0.05, 0) is 24.3 Å². The Hall–Kier alpha value is -2.18. The Morgan fingerprint density at radius 3 is 2.68 bits per heavy atom. The van der Waals surface area contributed by atoms with Gasteiger partial charge in [0.05, 0.1) is 11.4 Å². The number of hydrogen-bond donors (Lipinski definition) is 2.